The van der Waals surface area contributed by atoms with Crippen LogP contribution in [0.1, 0.15) is 30.1 Å². The van der Waals surface area contributed by atoms with Crippen molar-refractivity contribution in [2.45, 2.75) is 25.8 Å². The monoisotopic (exact) mass is 287 g/mol. The molecule has 0 saturated carbocycles. The van der Waals surface area contributed by atoms with Crippen LogP contribution in [-0.4, -0.2) is 44.9 Å². The number of hydrogen-bond acceptors (Lipinski definition) is 4. The molecule has 2 N–H and O–H groups in total. The summed E-state index contributed by atoms with van der Waals surface area (Å²) in [6.07, 6.45) is 1.97. The van der Waals surface area contributed by atoms with Gasteiger partial charge in [0.05, 0.1) is 5.52 Å². The first kappa shape index (κ1) is 14.0. The van der Waals surface area contributed by atoms with E-state index in [0.29, 0.717) is 11.5 Å². The number of carbonyl (C=O) groups excluding carboxylic acids is 1. The summed E-state index contributed by atoms with van der Waals surface area (Å²) in [5, 5.41) is 8.03. The molecule has 1 atom stereocenters. The summed E-state index contributed by atoms with van der Waals surface area (Å²) >= 11 is 0. The van der Waals surface area contributed by atoms with Crippen LogP contribution in [0.3, 0.4) is 0 Å². The second-order valence-corrected chi connectivity index (χ2v) is 5.91. The molecule has 0 bridgehead atoms. The highest BCUT2D eigenvalue weighted by Crippen LogP contribution is 2.22. The Morgan fingerprint density at radius 2 is 2.10 bits per heavy atom. The average Bonchev–Trinajstić information content (AvgIpc) is 2.87. The van der Waals surface area contributed by atoms with Gasteiger partial charge in [0.1, 0.15) is 5.52 Å². The van der Waals surface area contributed by atoms with Crippen LogP contribution in [-0.2, 0) is 7.05 Å². The van der Waals surface area contributed by atoms with E-state index in [2.05, 4.69) is 10.3 Å². The smallest absolute Gasteiger partial charge is 0.253 e. The Hall–Kier alpha value is -1.95. The van der Waals surface area contributed by atoms with Crippen molar-refractivity contribution in [3.63, 3.8) is 0 Å². The third-order valence-corrected chi connectivity index (χ3v) is 4.43. The van der Waals surface area contributed by atoms with Gasteiger partial charge in [-0.3, -0.25) is 4.79 Å². The molecule has 1 unspecified atom stereocenters. The largest absolute Gasteiger partial charge is 0.339 e. The van der Waals surface area contributed by atoms with Gasteiger partial charge in [0, 0.05) is 31.7 Å². The van der Waals surface area contributed by atoms with Crippen LogP contribution in [0.2, 0.25) is 0 Å². The lowest BCUT2D eigenvalue weighted by Gasteiger charge is -2.33. The van der Waals surface area contributed by atoms with Crippen molar-refractivity contribution in [1.82, 2.24) is 19.9 Å². The fourth-order valence-electron chi connectivity index (χ4n) is 2.98. The van der Waals surface area contributed by atoms with E-state index >= 15 is 0 Å². The van der Waals surface area contributed by atoms with E-state index in [-0.39, 0.29) is 11.9 Å². The van der Waals surface area contributed by atoms with Crippen LogP contribution < -0.4 is 5.73 Å². The predicted octanol–water partition coefficient (Wildman–Crippen LogP) is 1.17. The Labute approximate surface area is 123 Å². The summed E-state index contributed by atoms with van der Waals surface area (Å²) in [5.41, 5.74) is 8.32. The lowest BCUT2D eigenvalue weighted by Crippen LogP contribution is -2.42. The van der Waals surface area contributed by atoms with Gasteiger partial charge < -0.3 is 10.6 Å². The van der Waals surface area contributed by atoms with Crippen molar-refractivity contribution < 1.29 is 4.79 Å². The number of likely N-dealkylation sites (tertiary alicyclic amines) is 1. The maximum Gasteiger partial charge on any atom is 0.253 e. The van der Waals surface area contributed by atoms with E-state index < -0.39 is 0 Å². The van der Waals surface area contributed by atoms with E-state index in [1.807, 2.05) is 37.1 Å². The van der Waals surface area contributed by atoms with Gasteiger partial charge in [0.2, 0.25) is 0 Å². The molecule has 0 spiro atoms. The number of nitrogens with zero attached hydrogens (tertiary/aromatic N) is 4. The number of rotatable bonds is 2. The molecule has 112 valence electrons. The summed E-state index contributed by atoms with van der Waals surface area (Å²) in [4.78, 5) is 14.5. The van der Waals surface area contributed by atoms with Gasteiger partial charge >= 0.3 is 0 Å². The topological polar surface area (TPSA) is 77.0 Å². The molecule has 2 heterocycles. The number of carbonyl (C=O) groups is 1. The molecule has 2 aromatic rings. The number of amides is 1. The van der Waals surface area contributed by atoms with Gasteiger partial charge in [-0.05, 0) is 43.9 Å². The zero-order valence-electron chi connectivity index (χ0n) is 12.5. The van der Waals surface area contributed by atoms with Gasteiger partial charge in [0.15, 0.2) is 0 Å². The molecule has 1 aromatic heterocycles. The number of fused-ring (bicyclic) bond motifs is 1. The number of nitrogens with two attached hydrogens (primary N) is 1. The average molecular weight is 287 g/mol. The third-order valence-electron chi connectivity index (χ3n) is 4.43. The van der Waals surface area contributed by atoms with Crippen molar-refractivity contribution in [2.75, 3.05) is 13.1 Å². The molecule has 6 nitrogen and oxygen atoms in total. The molecule has 3 rings (SSSR count). The van der Waals surface area contributed by atoms with Gasteiger partial charge in [0.25, 0.3) is 5.91 Å². The minimum atomic E-state index is 0.0747. The highest BCUT2D eigenvalue weighted by Gasteiger charge is 2.25. The maximum absolute atomic E-state index is 12.6. The molecule has 0 aliphatic carbocycles. The number of hydrogen-bond donors (Lipinski definition) is 1. The van der Waals surface area contributed by atoms with E-state index in [1.165, 1.54) is 0 Å². The fraction of sp³-hybridized carbons (Fsp3) is 0.533. The minimum absolute atomic E-state index is 0.0747. The van der Waals surface area contributed by atoms with Crippen molar-refractivity contribution in [3.8, 4) is 0 Å². The second-order valence-electron chi connectivity index (χ2n) is 5.91. The first-order valence-electron chi connectivity index (χ1n) is 7.40. The van der Waals surface area contributed by atoms with E-state index in [9.17, 15) is 4.79 Å². The zero-order chi connectivity index (χ0) is 15.0. The molecule has 1 aliphatic rings. The van der Waals surface area contributed by atoms with Crippen molar-refractivity contribution >= 4 is 16.9 Å². The lowest BCUT2D eigenvalue weighted by molar-refractivity contribution is 0.0681. The fourth-order valence-corrected chi connectivity index (χ4v) is 2.98. The Morgan fingerprint density at radius 1 is 1.38 bits per heavy atom. The van der Waals surface area contributed by atoms with Crippen molar-refractivity contribution in [1.29, 1.82) is 0 Å². The van der Waals surface area contributed by atoms with Crippen molar-refractivity contribution in [3.05, 3.63) is 23.8 Å². The van der Waals surface area contributed by atoms with Crippen LogP contribution in [0, 0.1) is 5.92 Å². The number of benzene rings is 1. The molecule has 1 saturated heterocycles. The molecular formula is C15H21N5O. The molecule has 1 amide bonds. The van der Waals surface area contributed by atoms with Crippen LogP contribution in [0.25, 0.3) is 11.0 Å². The molecule has 21 heavy (non-hydrogen) atoms. The van der Waals surface area contributed by atoms with E-state index in [0.717, 1.165) is 37.0 Å². The number of aryl methyl sites for hydroxylation is 1. The summed E-state index contributed by atoms with van der Waals surface area (Å²) in [7, 11) is 1.84. The third kappa shape index (κ3) is 2.63. The Kier molecular flexibility index (Phi) is 3.63. The van der Waals surface area contributed by atoms with Crippen LogP contribution in [0.5, 0.6) is 0 Å². The quantitative estimate of drug-likeness (QED) is 0.899. The SMILES string of the molecule is CC(N)C1CCN(C(=O)c2ccc3c(c2)nnn3C)CC1. The summed E-state index contributed by atoms with van der Waals surface area (Å²) in [6, 6.07) is 5.78. The first-order valence-corrected chi connectivity index (χ1v) is 7.40. The Bertz CT molecular complexity index is 655. The molecule has 6 heteroatoms. The van der Waals surface area contributed by atoms with E-state index in [1.54, 1.807) is 4.68 Å². The van der Waals surface area contributed by atoms with Crippen molar-refractivity contribution in [2.24, 2.45) is 18.7 Å². The first-order chi connectivity index (χ1) is 10.1. The van der Waals surface area contributed by atoms with Gasteiger partial charge in [-0.1, -0.05) is 5.21 Å². The Balaban J connectivity index is 1.75. The summed E-state index contributed by atoms with van der Waals surface area (Å²) < 4.78 is 1.71. The van der Waals surface area contributed by atoms with Gasteiger partial charge in [-0.25, -0.2) is 4.68 Å². The Morgan fingerprint density at radius 3 is 2.76 bits per heavy atom. The summed E-state index contributed by atoms with van der Waals surface area (Å²) in [5.74, 6) is 0.599. The standard InChI is InChI=1S/C15H21N5O/c1-10(16)11-5-7-20(8-6-11)15(21)12-3-4-14-13(9-12)17-18-19(14)2/h3-4,9-11H,5-8,16H2,1-2H3. The molecular weight excluding hydrogens is 266 g/mol. The van der Waals surface area contributed by atoms with Crippen LogP contribution in [0.15, 0.2) is 18.2 Å². The molecule has 1 fully saturated rings. The van der Waals surface area contributed by atoms with Gasteiger partial charge in [-0.2, -0.15) is 0 Å². The second kappa shape index (κ2) is 5.44. The molecule has 1 aromatic carbocycles. The van der Waals surface area contributed by atoms with Crippen LogP contribution in [0.4, 0.5) is 0 Å². The van der Waals surface area contributed by atoms with E-state index in [4.69, 9.17) is 5.73 Å². The maximum atomic E-state index is 12.6. The molecule has 0 radical (unpaired) electrons. The lowest BCUT2D eigenvalue weighted by atomic mass is 9.90. The highest BCUT2D eigenvalue weighted by molar-refractivity contribution is 5.97. The molecule has 1 aliphatic heterocycles. The minimum Gasteiger partial charge on any atom is -0.339 e. The van der Waals surface area contributed by atoms with Gasteiger partial charge in [-0.15, -0.1) is 5.10 Å². The highest BCUT2D eigenvalue weighted by atomic mass is 16.2. The van der Waals surface area contributed by atoms with Crippen LogP contribution >= 0.6 is 0 Å². The number of piperidine rings is 1. The summed E-state index contributed by atoms with van der Waals surface area (Å²) in [6.45, 7) is 3.61. The predicted molar refractivity (Wildman–Crippen MR) is 80.8 cm³/mol. The number of aromatic nitrogens is 3. The zero-order valence-corrected chi connectivity index (χ0v) is 12.5. The normalized spacial score (nSPS) is 18.1.